The maximum Gasteiger partial charge on any atom is 0.416 e. The highest BCUT2D eigenvalue weighted by molar-refractivity contribution is 7.89. The number of carbonyl (C=O) groups excluding carboxylic acids is 1. The lowest BCUT2D eigenvalue weighted by atomic mass is 10.1. The van der Waals surface area contributed by atoms with Gasteiger partial charge >= 0.3 is 6.18 Å². The van der Waals surface area contributed by atoms with Gasteiger partial charge in [-0.25, -0.2) is 8.42 Å². The molecule has 2 aromatic rings. The summed E-state index contributed by atoms with van der Waals surface area (Å²) < 4.78 is 64.3. The average molecular weight is 438 g/mol. The zero-order chi connectivity index (χ0) is 22.4. The first-order chi connectivity index (χ1) is 14.1. The molecule has 0 heterocycles. The van der Waals surface area contributed by atoms with E-state index in [4.69, 9.17) is 0 Å². The van der Waals surface area contributed by atoms with E-state index in [9.17, 15) is 26.4 Å². The van der Waals surface area contributed by atoms with Crippen LogP contribution < -0.4 is 5.32 Å². The van der Waals surface area contributed by atoms with Crippen LogP contribution in [0.3, 0.4) is 0 Å². The summed E-state index contributed by atoms with van der Waals surface area (Å²) >= 11 is 0. The molecule has 0 fully saturated rings. The molecule has 2 rings (SSSR count). The Labute approximate surface area is 174 Å². The van der Waals surface area contributed by atoms with Gasteiger partial charge in [0, 0.05) is 24.2 Å². The third-order valence-corrected chi connectivity index (χ3v) is 6.28. The number of benzene rings is 2. The Bertz CT molecular complexity index is 1050. The van der Waals surface area contributed by atoms with Gasteiger partial charge in [-0.3, -0.25) is 4.79 Å². The summed E-state index contributed by atoms with van der Waals surface area (Å²) in [4.78, 5) is 12.3. The first-order valence-electron chi connectivity index (χ1n) is 9.14. The normalized spacial score (nSPS) is 11.7. The first kappa shape index (κ1) is 23.4. The highest BCUT2D eigenvalue weighted by Crippen LogP contribution is 2.29. The summed E-state index contributed by atoms with van der Waals surface area (Å²) in [7, 11) is -3.61. The Balaban J connectivity index is 2.01. The molecule has 0 saturated carbocycles. The molecule has 2 aromatic carbocycles. The van der Waals surface area contributed by atoms with Crippen LogP contribution in [-0.4, -0.2) is 38.3 Å². The van der Waals surface area contributed by atoms with Crippen molar-refractivity contribution in [2.75, 3.05) is 19.6 Å². The predicted octanol–water partition coefficient (Wildman–Crippen LogP) is 3.52. The lowest BCUT2D eigenvalue weighted by Crippen LogP contribution is -2.30. The number of nitrogens with zero attached hydrogens (tertiary/aromatic N) is 1. The summed E-state index contributed by atoms with van der Waals surface area (Å²) in [5.41, 5.74) is -0.363. The standard InChI is InChI=1S/C21H21F3N2O3S/c1-3-26(4-2)30(28,29)19-12-10-17(11-13-19)20(27)25-14-6-8-16-7-5-9-18(15-16)21(22,23)24/h5,7,9-13,15H,3-4,14H2,1-2H3,(H,25,27). The fourth-order valence-electron chi connectivity index (χ4n) is 2.64. The van der Waals surface area contributed by atoms with Gasteiger partial charge in [0.15, 0.2) is 0 Å². The third-order valence-electron chi connectivity index (χ3n) is 4.22. The van der Waals surface area contributed by atoms with Crippen LogP contribution in [0.2, 0.25) is 0 Å². The number of amides is 1. The van der Waals surface area contributed by atoms with E-state index in [1.165, 1.54) is 40.7 Å². The predicted molar refractivity (Wildman–Crippen MR) is 107 cm³/mol. The van der Waals surface area contributed by atoms with E-state index in [0.29, 0.717) is 13.1 Å². The number of alkyl halides is 3. The number of rotatable bonds is 6. The minimum Gasteiger partial charge on any atom is -0.341 e. The van der Waals surface area contributed by atoms with E-state index < -0.39 is 27.7 Å². The third kappa shape index (κ3) is 5.84. The van der Waals surface area contributed by atoms with Crippen LogP contribution in [0.15, 0.2) is 53.4 Å². The quantitative estimate of drug-likeness (QED) is 0.702. The number of sulfonamides is 1. The number of nitrogens with one attached hydrogen (secondary N) is 1. The van der Waals surface area contributed by atoms with Gasteiger partial charge in [0.2, 0.25) is 10.0 Å². The van der Waals surface area contributed by atoms with Crippen LogP contribution in [0.5, 0.6) is 0 Å². The van der Waals surface area contributed by atoms with E-state index in [-0.39, 0.29) is 22.6 Å². The monoisotopic (exact) mass is 438 g/mol. The van der Waals surface area contributed by atoms with Crippen molar-refractivity contribution in [3.63, 3.8) is 0 Å². The van der Waals surface area contributed by atoms with Crippen molar-refractivity contribution >= 4 is 15.9 Å². The maximum absolute atomic E-state index is 12.7. The summed E-state index contributed by atoms with van der Waals surface area (Å²) in [5.74, 6) is 4.69. The fourth-order valence-corrected chi connectivity index (χ4v) is 4.09. The minimum absolute atomic E-state index is 0.0748. The summed E-state index contributed by atoms with van der Waals surface area (Å²) in [5, 5.41) is 2.52. The summed E-state index contributed by atoms with van der Waals surface area (Å²) in [6.07, 6.45) is -4.45. The van der Waals surface area contributed by atoms with Crippen LogP contribution in [0, 0.1) is 11.8 Å². The Kier molecular flexibility index (Phi) is 7.65. The van der Waals surface area contributed by atoms with Crippen LogP contribution in [0.4, 0.5) is 13.2 Å². The number of hydrogen-bond donors (Lipinski definition) is 1. The van der Waals surface area contributed by atoms with Crippen molar-refractivity contribution < 1.29 is 26.4 Å². The van der Waals surface area contributed by atoms with Crippen molar-refractivity contribution in [3.05, 3.63) is 65.2 Å². The van der Waals surface area contributed by atoms with Crippen LogP contribution in [0.25, 0.3) is 0 Å². The molecule has 30 heavy (non-hydrogen) atoms. The van der Waals surface area contributed by atoms with Gasteiger partial charge in [0.1, 0.15) is 0 Å². The molecule has 0 aliphatic rings. The molecule has 0 saturated heterocycles. The van der Waals surface area contributed by atoms with Gasteiger partial charge in [-0.15, -0.1) is 0 Å². The smallest absolute Gasteiger partial charge is 0.341 e. The molecule has 1 amide bonds. The van der Waals surface area contributed by atoms with Crippen molar-refractivity contribution in [1.82, 2.24) is 9.62 Å². The van der Waals surface area contributed by atoms with E-state index in [2.05, 4.69) is 17.2 Å². The van der Waals surface area contributed by atoms with Crippen LogP contribution in [0.1, 0.15) is 35.3 Å². The SMILES string of the molecule is CCN(CC)S(=O)(=O)c1ccc(C(=O)NCC#Cc2cccc(C(F)(F)F)c2)cc1. The molecule has 9 heteroatoms. The first-order valence-corrected chi connectivity index (χ1v) is 10.6. The number of hydrogen-bond acceptors (Lipinski definition) is 3. The van der Waals surface area contributed by atoms with Crippen LogP contribution in [-0.2, 0) is 16.2 Å². The van der Waals surface area contributed by atoms with E-state index in [1.807, 2.05) is 0 Å². The van der Waals surface area contributed by atoms with E-state index >= 15 is 0 Å². The Hall–Kier alpha value is -2.83. The Morgan fingerprint density at radius 3 is 2.27 bits per heavy atom. The second-order valence-electron chi connectivity index (χ2n) is 6.18. The largest absolute Gasteiger partial charge is 0.416 e. The maximum atomic E-state index is 12.7. The molecule has 160 valence electrons. The van der Waals surface area contributed by atoms with E-state index in [1.54, 1.807) is 13.8 Å². The van der Waals surface area contributed by atoms with Gasteiger partial charge in [0.25, 0.3) is 5.91 Å². The van der Waals surface area contributed by atoms with Crippen LogP contribution >= 0.6 is 0 Å². The zero-order valence-corrected chi connectivity index (χ0v) is 17.3. The molecule has 0 aliphatic heterocycles. The second-order valence-corrected chi connectivity index (χ2v) is 8.11. The molecular weight excluding hydrogens is 417 g/mol. The number of carbonyl (C=O) groups is 1. The molecule has 0 spiro atoms. The van der Waals surface area contributed by atoms with Gasteiger partial charge in [-0.2, -0.15) is 17.5 Å². The van der Waals surface area contributed by atoms with Gasteiger partial charge in [0.05, 0.1) is 17.0 Å². The highest BCUT2D eigenvalue weighted by Gasteiger charge is 2.30. The topological polar surface area (TPSA) is 66.5 Å². The molecular formula is C21H21F3N2O3S. The Morgan fingerprint density at radius 1 is 1.07 bits per heavy atom. The van der Waals surface area contributed by atoms with Crippen molar-refractivity contribution in [3.8, 4) is 11.8 Å². The van der Waals surface area contributed by atoms with Crippen molar-refractivity contribution in [2.24, 2.45) is 0 Å². The lowest BCUT2D eigenvalue weighted by Gasteiger charge is -2.18. The zero-order valence-electron chi connectivity index (χ0n) is 16.5. The van der Waals surface area contributed by atoms with Crippen molar-refractivity contribution in [2.45, 2.75) is 24.9 Å². The second kappa shape index (κ2) is 9.78. The van der Waals surface area contributed by atoms with Gasteiger partial charge in [-0.05, 0) is 42.5 Å². The Morgan fingerprint density at radius 2 is 1.70 bits per heavy atom. The highest BCUT2D eigenvalue weighted by atomic mass is 32.2. The molecule has 0 unspecified atom stereocenters. The molecule has 0 bridgehead atoms. The fraction of sp³-hybridized carbons (Fsp3) is 0.286. The molecule has 0 aromatic heterocycles. The molecule has 0 atom stereocenters. The van der Waals surface area contributed by atoms with E-state index in [0.717, 1.165) is 12.1 Å². The van der Waals surface area contributed by atoms with Crippen molar-refractivity contribution in [1.29, 1.82) is 0 Å². The molecule has 0 radical (unpaired) electrons. The minimum atomic E-state index is -4.45. The number of halogens is 3. The van der Waals surface area contributed by atoms with Gasteiger partial charge < -0.3 is 5.32 Å². The molecule has 1 N–H and O–H groups in total. The van der Waals surface area contributed by atoms with Gasteiger partial charge in [-0.1, -0.05) is 31.8 Å². The lowest BCUT2D eigenvalue weighted by molar-refractivity contribution is -0.137. The summed E-state index contributed by atoms with van der Waals surface area (Å²) in [6.45, 7) is 4.08. The molecule has 5 nitrogen and oxygen atoms in total. The molecule has 0 aliphatic carbocycles. The average Bonchev–Trinajstić information content (AvgIpc) is 2.71. The summed E-state index contributed by atoms with van der Waals surface area (Å²) in [6, 6.07) is 10.1.